The van der Waals surface area contributed by atoms with Gasteiger partial charge in [0.05, 0.1) is 0 Å². The number of hydrogen-bond donors (Lipinski definition) is 4. The zero-order chi connectivity index (χ0) is 21.5. The van der Waals surface area contributed by atoms with E-state index in [4.69, 9.17) is 17.5 Å². The summed E-state index contributed by atoms with van der Waals surface area (Å²) in [5.41, 5.74) is 0. The van der Waals surface area contributed by atoms with E-state index in [0.29, 0.717) is 19.0 Å². The monoisotopic (exact) mass is 455 g/mol. The molecule has 0 heterocycles. The summed E-state index contributed by atoms with van der Waals surface area (Å²) in [5, 5.41) is 11.1. The molecule has 0 aliphatic rings. The van der Waals surface area contributed by atoms with Crippen molar-refractivity contribution in [3.8, 4) is 0 Å². The fourth-order valence-electron chi connectivity index (χ4n) is 2.62. The summed E-state index contributed by atoms with van der Waals surface area (Å²) in [7, 11) is -11.2. The third-order valence-electron chi connectivity index (χ3n) is 2.91. The number of amides is 1. The number of carbonyl (C=O) groups excluding carboxylic acids is 1. The highest BCUT2D eigenvalue weighted by Crippen LogP contribution is 2.26. The fourth-order valence-corrected chi connectivity index (χ4v) is 18.5. The van der Waals surface area contributed by atoms with Gasteiger partial charge in [-0.2, -0.15) is 0 Å². The molecule has 0 aliphatic carbocycles. The number of carboxylic acids is 1. The second kappa shape index (κ2) is 10.2. The molecule has 1 amide bonds. The van der Waals surface area contributed by atoms with Crippen molar-refractivity contribution in [1.82, 2.24) is 5.32 Å². The van der Waals surface area contributed by atoms with E-state index in [2.05, 4.69) is 5.32 Å². The lowest BCUT2D eigenvalue weighted by atomic mass is 10.4. The number of hydrogen-bond acceptors (Lipinski definition) is 7. The number of carboxylic acid groups (broad SMARTS) is 1. The van der Waals surface area contributed by atoms with E-state index in [1.807, 2.05) is 19.6 Å². The van der Waals surface area contributed by atoms with Crippen LogP contribution in [0.4, 0.5) is 0 Å². The van der Waals surface area contributed by atoms with Crippen molar-refractivity contribution in [2.45, 2.75) is 58.3 Å². The molecule has 27 heavy (non-hydrogen) atoms. The Morgan fingerprint density at radius 2 is 1.41 bits per heavy atom. The molecule has 0 aliphatic heterocycles. The van der Waals surface area contributed by atoms with Crippen LogP contribution in [0.25, 0.3) is 0 Å². The summed E-state index contributed by atoms with van der Waals surface area (Å²) in [6.07, 6.45) is 2.25. The first kappa shape index (κ1) is 26.3. The van der Waals surface area contributed by atoms with Crippen LogP contribution >= 0.6 is 0 Å². The van der Waals surface area contributed by atoms with Gasteiger partial charge in [-0.15, -0.1) is 0 Å². The van der Waals surface area contributed by atoms with E-state index in [-0.39, 0.29) is 0 Å². The Hall–Kier alpha value is -0.652. The van der Waals surface area contributed by atoms with Gasteiger partial charge in [-0.25, -0.2) is 4.79 Å². The molecule has 0 aromatic carbocycles. The summed E-state index contributed by atoms with van der Waals surface area (Å²) in [6, 6.07) is 0.500. The summed E-state index contributed by atoms with van der Waals surface area (Å²) in [4.78, 5) is 42.2. The predicted molar refractivity (Wildman–Crippen MR) is 111 cm³/mol. The van der Waals surface area contributed by atoms with Crippen molar-refractivity contribution in [3.05, 3.63) is 12.2 Å². The molecule has 0 rings (SSSR count). The molecule has 9 nitrogen and oxygen atoms in total. The van der Waals surface area contributed by atoms with Gasteiger partial charge in [0.25, 0.3) is 0 Å². The number of nitrogens with one attached hydrogen (secondary N) is 1. The first-order valence-electron chi connectivity index (χ1n) is 8.67. The van der Waals surface area contributed by atoms with Gasteiger partial charge in [0.1, 0.15) is 0 Å². The van der Waals surface area contributed by atoms with Gasteiger partial charge in [0, 0.05) is 18.7 Å². The molecule has 0 spiro atoms. The Balaban J connectivity index is 4.89. The molecular formula is C14H33NO8Si4. The van der Waals surface area contributed by atoms with E-state index in [1.165, 1.54) is 0 Å². The second-order valence-electron chi connectivity index (χ2n) is 7.80. The maximum absolute atomic E-state index is 11.5. The second-order valence-corrected chi connectivity index (χ2v) is 21.6. The average Bonchev–Trinajstić information content (AvgIpc) is 2.35. The van der Waals surface area contributed by atoms with E-state index in [9.17, 15) is 19.2 Å². The van der Waals surface area contributed by atoms with Crippen LogP contribution in [0.15, 0.2) is 12.2 Å². The highest BCUT2D eigenvalue weighted by atomic mass is 28.5. The molecule has 13 heteroatoms. The molecule has 0 bridgehead atoms. The van der Waals surface area contributed by atoms with Gasteiger partial charge in [-0.3, -0.25) is 4.79 Å². The first-order valence-corrected chi connectivity index (χ1v) is 19.7. The molecule has 1 unspecified atom stereocenters. The van der Waals surface area contributed by atoms with Gasteiger partial charge in [-0.1, -0.05) is 0 Å². The van der Waals surface area contributed by atoms with Crippen LogP contribution in [-0.4, -0.2) is 67.4 Å². The van der Waals surface area contributed by atoms with E-state index in [0.717, 1.165) is 12.2 Å². The maximum Gasteiger partial charge on any atom is 0.328 e. The summed E-state index contributed by atoms with van der Waals surface area (Å²) >= 11 is 0. The molecule has 158 valence electrons. The molecule has 0 saturated carbocycles. The highest BCUT2D eigenvalue weighted by molar-refractivity contribution is 6.87. The van der Waals surface area contributed by atoms with Crippen LogP contribution in [0.2, 0.25) is 51.9 Å². The molecule has 0 saturated heterocycles. The Labute approximate surface area is 165 Å². The summed E-state index contributed by atoms with van der Waals surface area (Å²) < 4.78 is 18.0. The minimum absolute atomic E-state index is 0.314. The molecule has 4 N–H and O–H groups in total. The SMILES string of the molecule is C[Si](C)(O)O[Si](C)(C)O[Si](C)(CCCNC(=O)/C=C/C(=O)O)O[Si](C)(C)O. The van der Waals surface area contributed by atoms with Gasteiger partial charge in [0.15, 0.2) is 0 Å². The van der Waals surface area contributed by atoms with Crippen molar-refractivity contribution in [2.24, 2.45) is 0 Å². The Bertz CT molecular complexity index is 544. The summed E-state index contributed by atoms with van der Waals surface area (Å²) in [6.45, 7) is 12.4. The van der Waals surface area contributed by atoms with Crippen molar-refractivity contribution in [2.75, 3.05) is 6.54 Å². The van der Waals surface area contributed by atoms with Crippen LogP contribution in [0.5, 0.6) is 0 Å². The number of carbonyl (C=O) groups is 2. The van der Waals surface area contributed by atoms with Crippen LogP contribution in [0.1, 0.15) is 6.42 Å². The van der Waals surface area contributed by atoms with Crippen LogP contribution in [-0.2, 0) is 21.9 Å². The molecular weight excluding hydrogens is 422 g/mol. The lowest BCUT2D eigenvalue weighted by molar-refractivity contribution is -0.131. The molecule has 0 aromatic heterocycles. The van der Waals surface area contributed by atoms with Crippen LogP contribution < -0.4 is 5.32 Å². The highest BCUT2D eigenvalue weighted by Gasteiger charge is 2.45. The predicted octanol–water partition coefficient (Wildman–Crippen LogP) is 1.35. The van der Waals surface area contributed by atoms with Crippen LogP contribution in [0.3, 0.4) is 0 Å². The molecule has 1 atom stereocenters. The van der Waals surface area contributed by atoms with Gasteiger partial charge >= 0.3 is 40.2 Å². The molecule has 0 radical (unpaired) electrons. The lowest BCUT2D eigenvalue weighted by Crippen LogP contribution is -2.58. The normalized spacial score (nSPS) is 15.6. The zero-order valence-electron chi connectivity index (χ0n) is 17.2. The number of aliphatic carboxylic acids is 1. The quantitative estimate of drug-likeness (QED) is 0.197. The third kappa shape index (κ3) is 15.0. The van der Waals surface area contributed by atoms with Crippen molar-refractivity contribution >= 4 is 46.1 Å². The van der Waals surface area contributed by atoms with Gasteiger partial charge in [0.2, 0.25) is 5.91 Å². The topological polar surface area (TPSA) is 135 Å². The zero-order valence-corrected chi connectivity index (χ0v) is 21.2. The summed E-state index contributed by atoms with van der Waals surface area (Å²) in [5.74, 6) is -1.69. The van der Waals surface area contributed by atoms with Crippen LogP contribution in [0, 0.1) is 0 Å². The van der Waals surface area contributed by atoms with Gasteiger partial charge < -0.3 is 32.4 Å². The minimum atomic E-state index is -2.87. The van der Waals surface area contributed by atoms with Crippen molar-refractivity contribution in [3.63, 3.8) is 0 Å². The van der Waals surface area contributed by atoms with Gasteiger partial charge in [-0.05, 0) is 58.3 Å². The molecule has 0 aromatic rings. The standard InChI is InChI=1S/C14H33NO8Si4/c1-24(2,19)21-26(5,6)23-27(7,22-25(3,4)20)12-8-11-15-13(16)9-10-14(17)18/h9-10,19-20H,8,11-12H2,1-7H3,(H,15,16)(H,17,18)/b10-9+. The smallest absolute Gasteiger partial charge is 0.328 e. The average molecular weight is 456 g/mol. The van der Waals surface area contributed by atoms with Crippen molar-refractivity contribution < 1.29 is 36.6 Å². The minimum Gasteiger partial charge on any atom is -0.478 e. The van der Waals surface area contributed by atoms with E-state index in [1.54, 1.807) is 26.2 Å². The largest absolute Gasteiger partial charge is 0.478 e. The number of rotatable bonds is 12. The Morgan fingerprint density at radius 3 is 1.85 bits per heavy atom. The maximum atomic E-state index is 11.5. The Morgan fingerprint density at radius 1 is 0.889 bits per heavy atom. The Kier molecular flexibility index (Phi) is 9.97. The molecule has 0 fully saturated rings. The van der Waals surface area contributed by atoms with Crippen molar-refractivity contribution in [1.29, 1.82) is 0 Å². The third-order valence-corrected chi connectivity index (χ3v) is 15.6. The first-order chi connectivity index (χ1) is 11.9. The fraction of sp³-hybridized carbons (Fsp3) is 0.714. The lowest BCUT2D eigenvalue weighted by Gasteiger charge is -2.40. The van der Waals surface area contributed by atoms with E-state index < -0.39 is 46.1 Å². The van der Waals surface area contributed by atoms with E-state index >= 15 is 0 Å².